The first-order valence-corrected chi connectivity index (χ1v) is 10.6. The SMILES string of the molecule is CC(C)CC(=O)Nc1ccc(S(=O)(=O)Nc2ccc(Cn3cncn3)cc2)cc1. The fourth-order valence-corrected chi connectivity index (χ4v) is 3.75. The molecule has 0 atom stereocenters. The molecule has 9 heteroatoms. The van der Waals surface area contributed by atoms with Crippen LogP contribution in [0.4, 0.5) is 11.4 Å². The van der Waals surface area contributed by atoms with E-state index in [0.717, 1.165) is 5.56 Å². The molecule has 29 heavy (non-hydrogen) atoms. The number of aromatic nitrogens is 3. The molecular formula is C20H23N5O3S. The predicted molar refractivity (Wildman–Crippen MR) is 111 cm³/mol. The van der Waals surface area contributed by atoms with E-state index in [1.54, 1.807) is 35.3 Å². The van der Waals surface area contributed by atoms with Crippen LogP contribution in [0.25, 0.3) is 0 Å². The highest BCUT2D eigenvalue weighted by Crippen LogP contribution is 2.19. The molecule has 0 saturated heterocycles. The van der Waals surface area contributed by atoms with Crippen LogP contribution in [-0.4, -0.2) is 29.1 Å². The van der Waals surface area contributed by atoms with Gasteiger partial charge in [-0.15, -0.1) is 0 Å². The van der Waals surface area contributed by atoms with Gasteiger partial charge >= 0.3 is 0 Å². The van der Waals surface area contributed by atoms with Crippen molar-refractivity contribution in [2.45, 2.75) is 31.7 Å². The molecule has 0 fully saturated rings. The zero-order chi connectivity index (χ0) is 20.9. The lowest BCUT2D eigenvalue weighted by Crippen LogP contribution is -2.15. The average Bonchev–Trinajstić information content (AvgIpc) is 3.16. The lowest BCUT2D eigenvalue weighted by atomic mass is 10.1. The Hall–Kier alpha value is -3.20. The number of hydrogen-bond acceptors (Lipinski definition) is 5. The maximum Gasteiger partial charge on any atom is 0.261 e. The van der Waals surface area contributed by atoms with Crippen molar-refractivity contribution in [3.63, 3.8) is 0 Å². The van der Waals surface area contributed by atoms with E-state index in [-0.39, 0.29) is 16.7 Å². The van der Waals surface area contributed by atoms with Gasteiger partial charge in [-0.05, 0) is 47.9 Å². The second kappa shape index (κ2) is 8.87. The zero-order valence-electron chi connectivity index (χ0n) is 16.2. The number of carbonyl (C=O) groups is 1. The van der Waals surface area contributed by atoms with Gasteiger partial charge in [0.2, 0.25) is 5.91 Å². The first kappa shape index (κ1) is 20.5. The van der Waals surface area contributed by atoms with E-state index in [4.69, 9.17) is 0 Å². The van der Waals surface area contributed by atoms with Crippen LogP contribution in [0.2, 0.25) is 0 Å². The van der Waals surface area contributed by atoms with Crippen molar-refractivity contribution in [2.24, 2.45) is 5.92 Å². The van der Waals surface area contributed by atoms with Crippen LogP contribution in [0.5, 0.6) is 0 Å². The third-order valence-corrected chi connectivity index (χ3v) is 5.46. The molecule has 0 aliphatic rings. The van der Waals surface area contributed by atoms with Crippen molar-refractivity contribution in [1.29, 1.82) is 0 Å². The Labute approximate surface area is 170 Å². The van der Waals surface area contributed by atoms with E-state index in [1.807, 2.05) is 26.0 Å². The molecule has 0 radical (unpaired) electrons. The van der Waals surface area contributed by atoms with Gasteiger partial charge in [0.1, 0.15) is 12.7 Å². The zero-order valence-corrected chi connectivity index (χ0v) is 17.1. The van der Waals surface area contributed by atoms with E-state index < -0.39 is 10.0 Å². The summed E-state index contributed by atoms with van der Waals surface area (Å²) in [5.41, 5.74) is 1.99. The van der Waals surface area contributed by atoms with Gasteiger partial charge < -0.3 is 5.32 Å². The van der Waals surface area contributed by atoms with E-state index in [1.165, 1.54) is 18.5 Å². The molecule has 0 unspecified atom stereocenters. The second-order valence-electron chi connectivity index (χ2n) is 7.07. The molecule has 1 heterocycles. The highest BCUT2D eigenvalue weighted by Gasteiger charge is 2.14. The number of sulfonamides is 1. The fourth-order valence-electron chi connectivity index (χ4n) is 2.69. The second-order valence-corrected chi connectivity index (χ2v) is 8.75. The number of nitrogens with one attached hydrogen (secondary N) is 2. The van der Waals surface area contributed by atoms with E-state index >= 15 is 0 Å². The first-order valence-electron chi connectivity index (χ1n) is 9.16. The van der Waals surface area contributed by atoms with Crippen LogP contribution in [-0.2, 0) is 21.4 Å². The number of anilines is 2. The number of carbonyl (C=O) groups excluding carboxylic acids is 1. The lowest BCUT2D eigenvalue weighted by molar-refractivity contribution is -0.116. The molecule has 0 spiro atoms. The molecule has 1 aromatic heterocycles. The minimum absolute atomic E-state index is 0.0975. The lowest BCUT2D eigenvalue weighted by Gasteiger charge is -2.11. The van der Waals surface area contributed by atoms with Gasteiger partial charge in [-0.25, -0.2) is 18.1 Å². The van der Waals surface area contributed by atoms with Gasteiger partial charge in [-0.3, -0.25) is 9.52 Å². The van der Waals surface area contributed by atoms with Crippen LogP contribution in [0.1, 0.15) is 25.8 Å². The molecule has 0 saturated carbocycles. The van der Waals surface area contributed by atoms with Gasteiger partial charge in [0.25, 0.3) is 10.0 Å². The Balaban J connectivity index is 1.63. The number of nitrogens with zero attached hydrogens (tertiary/aromatic N) is 3. The van der Waals surface area contributed by atoms with Gasteiger partial charge in [0.05, 0.1) is 11.4 Å². The van der Waals surface area contributed by atoms with E-state index in [2.05, 4.69) is 20.1 Å². The van der Waals surface area contributed by atoms with Crippen molar-refractivity contribution >= 4 is 27.3 Å². The Bertz CT molecular complexity index is 1040. The molecule has 8 nitrogen and oxygen atoms in total. The molecule has 0 aliphatic carbocycles. The standard InChI is InChI=1S/C20H23N5O3S/c1-15(2)11-20(26)23-17-7-9-19(10-8-17)29(27,28)24-18-5-3-16(4-6-18)12-25-14-21-13-22-25/h3-10,13-15,24H,11-12H2,1-2H3,(H,23,26). The summed E-state index contributed by atoms with van der Waals surface area (Å²) in [6.07, 6.45) is 3.49. The topological polar surface area (TPSA) is 106 Å². The smallest absolute Gasteiger partial charge is 0.261 e. The predicted octanol–water partition coefficient (Wildman–Crippen LogP) is 3.11. The van der Waals surface area contributed by atoms with E-state index in [9.17, 15) is 13.2 Å². The summed E-state index contributed by atoms with van der Waals surface area (Å²) in [4.78, 5) is 15.8. The normalized spacial score (nSPS) is 11.4. The molecule has 0 aliphatic heterocycles. The summed E-state index contributed by atoms with van der Waals surface area (Å²) in [7, 11) is -3.73. The molecule has 3 aromatic rings. The molecule has 2 N–H and O–H groups in total. The van der Waals surface area contributed by atoms with Crippen molar-refractivity contribution < 1.29 is 13.2 Å². The van der Waals surface area contributed by atoms with Crippen LogP contribution in [0.15, 0.2) is 66.1 Å². The third-order valence-electron chi connectivity index (χ3n) is 4.06. The Kier molecular flexibility index (Phi) is 6.28. The number of rotatable bonds is 8. The minimum atomic E-state index is -3.73. The third kappa shape index (κ3) is 5.89. The molecule has 2 aromatic carbocycles. The van der Waals surface area contributed by atoms with Crippen LogP contribution in [0.3, 0.4) is 0 Å². The summed E-state index contributed by atoms with van der Waals surface area (Å²) in [6.45, 7) is 4.47. The number of hydrogen-bond donors (Lipinski definition) is 2. The number of benzene rings is 2. The summed E-state index contributed by atoms with van der Waals surface area (Å²) in [5.74, 6) is 0.154. The molecular weight excluding hydrogens is 390 g/mol. The van der Waals surface area contributed by atoms with E-state index in [0.29, 0.717) is 24.3 Å². The van der Waals surface area contributed by atoms with Gasteiger partial charge in [0, 0.05) is 17.8 Å². The Morgan fingerprint density at radius 2 is 1.69 bits per heavy atom. The molecule has 1 amide bonds. The monoisotopic (exact) mass is 413 g/mol. The minimum Gasteiger partial charge on any atom is -0.326 e. The average molecular weight is 414 g/mol. The van der Waals surface area contributed by atoms with Crippen LogP contribution in [0, 0.1) is 5.92 Å². The largest absolute Gasteiger partial charge is 0.326 e. The maximum absolute atomic E-state index is 12.6. The highest BCUT2D eigenvalue weighted by atomic mass is 32.2. The summed E-state index contributed by atoms with van der Waals surface area (Å²) < 4.78 is 29.4. The first-order chi connectivity index (χ1) is 13.8. The van der Waals surface area contributed by atoms with Gasteiger partial charge in [-0.2, -0.15) is 5.10 Å². The van der Waals surface area contributed by atoms with Crippen molar-refractivity contribution in [2.75, 3.05) is 10.0 Å². The Morgan fingerprint density at radius 3 is 2.28 bits per heavy atom. The summed E-state index contributed by atoms with van der Waals surface area (Å²) >= 11 is 0. The maximum atomic E-state index is 12.6. The van der Waals surface area contributed by atoms with Gasteiger partial charge in [-0.1, -0.05) is 26.0 Å². The Morgan fingerprint density at radius 1 is 1.03 bits per heavy atom. The highest BCUT2D eigenvalue weighted by molar-refractivity contribution is 7.92. The van der Waals surface area contributed by atoms with Crippen molar-refractivity contribution in [1.82, 2.24) is 14.8 Å². The quantitative estimate of drug-likeness (QED) is 0.590. The molecule has 152 valence electrons. The fraction of sp³-hybridized carbons (Fsp3) is 0.250. The number of amides is 1. The van der Waals surface area contributed by atoms with Crippen molar-refractivity contribution in [3.05, 3.63) is 66.7 Å². The van der Waals surface area contributed by atoms with Crippen LogP contribution >= 0.6 is 0 Å². The van der Waals surface area contributed by atoms with Crippen molar-refractivity contribution in [3.8, 4) is 0 Å². The van der Waals surface area contributed by atoms with Gasteiger partial charge in [0.15, 0.2) is 0 Å². The summed E-state index contributed by atoms with van der Waals surface area (Å²) in [5, 5.41) is 6.80. The van der Waals surface area contributed by atoms with Crippen LogP contribution < -0.4 is 10.0 Å². The summed E-state index contributed by atoms with van der Waals surface area (Å²) in [6, 6.07) is 13.1. The molecule has 0 bridgehead atoms. The molecule has 3 rings (SSSR count).